The Morgan fingerprint density at radius 3 is 2.50 bits per heavy atom. The molecule has 26 heavy (non-hydrogen) atoms. The lowest BCUT2D eigenvalue weighted by Gasteiger charge is -2.27. The van der Waals surface area contributed by atoms with Gasteiger partial charge in [-0.25, -0.2) is 5.43 Å². The van der Waals surface area contributed by atoms with Crippen LogP contribution in [-0.4, -0.2) is 40.9 Å². The van der Waals surface area contributed by atoms with Gasteiger partial charge < -0.3 is 4.74 Å². The molecule has 1 aliphatic rings. The first-order chi connectivity index (χ1) is 11.9. The molecule has 1 saturated heterocycles. The highest BCUT2D eigenvalue weighted by Crippen LogP contribution is 2.40. The molecule has 1 atom stereocenters. The topological polar surface area (TPSA) is 58.6 Å². The van der Waals surface area contributed by atoms with Gasteiger partial charge in [-0.1, -0.05) is 53.0 Å². The van der Waals surface area contributed by atoms with Crippen LogP contribution in [0.1, 0.15) is 17.5 Å². The summed E-state index contributed by atoms with van der Waals surface area (Å²) < 4.78 is 42.2. The molecule has 0 aromatic heterocycles. The van der Waals surface area contributed by atoms with E-state index in [1.54, 1.807) is 0 Å². The number of hydrogen-bond acceptors (Lipinski definition) is 4. The molecule has 144 valence electrons. The Bertz CT molecular complexity index is 709. The number of hydrazine groups is 1. The second kappa shape index (κ2) is 7.42. The molecule has 0 bridgehead atoms. The molecule has 0 radical (unpaired) electrons. The zero-order valence-electron chi connectivity index (χ0n) is 13.4. The van der Waals surface area contributed by atoms with Crippen LogP contribution in [0.3, 0.4) is 0 Å². The number of amides is 1. The van der Waals surface area contributed by atoms with Crippen LogP contribution in [0.25, 0.3) is 0 Å². The fraction of sp³-hybridized carbons (Fsp3) is 0.467. The molecular formula is C15H14Cl3F3N2O3. The minimum Gasteiger partial charge on any atom is -0.460 e. The molecule has 1 unspecified atom stereocenters. The number of carbonyl (C=O) groups excluding carboxylic acids is 2. The van der Waals surface area contributed by atoms with E-state index in [9.17, 15) is 22.8 Å². The van der Waals surface area contributed by atoms with Gasteiger partial charge in [-0.3, -0.25) is 14.6 Å². The van der Waals surface area contributed by atoms with Crippen molar-refractivity contribution < 1.29 is 27.5 Å². The summed E-state index contributed by atoms with van der Waals surface area (Å²) >= 11 is 16.6. The molecule has 5 nitrogen and oxygen atoms in total. The molecule has 0 spiro atoms. The van der Waals surface area contributed by atoms with E-state index in [0.717, 1.165) is 23.2 Å². The third-order valence-corrected chi connectivity index (χ3v) is 4.32. The highest BCUT2D eigenvalue weighted by molar-refractivity contribution is 6.67. The zero-order valence-corrected chi connectivity index (χ0v) is 15.6. The molecule has 0 saturated carbocycles. The van der Waals surface area contributed by atoms with Crippen molar-refractivity contribution >= 4 is 46.7 Å². The summed E-state index contributed by atoms with van der Waals surface area (Å²) in [6.45, 7) is -0.557. The Morgan fingerprint density at radius 2 is 2.00 bits per heavy atom. The van der Waals surface area contributed by atoms with Gasteiger partial charge in [0, 0.05) is 13.6 Å². The van der Waals surface area contributed by atoms with Crippen molar-refractivity contribution in [3.05, 3.63) is 35.4 Å². The first-order valence-corrected chi connectivity index (χ1v) is 8.46. The number of benzene rings is 1. The van der Waals surface area contributed by atoms with E-state index >= 15 is 0 Å². The molecule has 1 fully saturated rings. The monoisotopic (exact) mass is 432 g/mol. The van der Waals surface area contributed by atoms with Gasteiger partial charge in [0.15, 0.2) is 5.41 Å². The predicted octanol–water partition coefficient (Wildman–Crippen LogP) is 3.22. The fourth-order valence-corrected chi connectivity index (χ4v) is 2.90. The van der Waals surface area contributed by atoms with E-state index in [1.165, 1.54) is 13.1 Å². The van der Waals surface area contributed by atoms with Crippen LogP contribution in [-0.2, 0) is 25.9 Å². The number of halogens is 6. The number of ether oxygens (including phenoxy) is 1. The minimum absolute atomic E-state index is 0.0906. The third-order valence-electron chi connectivity index (χ3n) is 3.99. The number of carbonyl (C=O) groups is 2. The van der Waals surface area contributed by atoms with E-state index in [1.807, 2.05) is 0 Å². The summed E-state index contributed by atoms with van der Waals surface area (Å²) in [5.74, 6) is -1.82. The van der Waals surface area contributed by atoms with Crippen molar-refractivity contribution in [2.45, 2.75) is 21.8 Å². The molecule has 1 aromatic rings. The van der Waals surface area contributed by atoms with Crippen molar-refractivity contribution in [2.75, 3.05) is 20.2 Å². The van der Waals surface area contributed by atoms with E-state index in [0.29, 0.717) is 0 Å². The van der Waals surface area contributed by atoms with Gasteiger partial charge in [0.25, 0.3) is 5.91 Å². The first-order valence-electron chi connectivity index (χ1n) is 7.33. The quantitative estimate of drug-likeness (QED) is 0.450. The van der Waals surface area contributed by atoms with Gasteiger partial charge in [0.05, 0.1) is 5.56 Å². The fourth-order valence-electron chi connectivity index (χ4n) is 2.74. The minimum atomic E-state index is -4.64. The Kier molecular flexibility index (Phi) is 6.02. The second-order valence-corrected chi connectivity index (χ2v) is 8.12. The molecular weight excluding hydrogens is 420 g/mol. The summed E-state index contributed by atoms with van der Waals surface area (Å²) in [6.07, 6.45) is -4.73. The van der Waals surface area contributed by atoms with Crippen molar-refractivity contribution in [3.8, 4) is 0 Å². The zero-order chi connectivity index (χ0) is 19.8. The molecule has 11 heteroatoms. The highest BCUT2D eigenvalue weighted by Gasteiger charge is 2.56. The Balaban J connectivity index is 2.49. The Labute approximate surface area is 162 Å². The van der Waals surface area contributed by atoms with Crippen LogP contribution >= 0.6 is 34.8 Å². The maximum absolute atomic E-state index is 13.0. The van der Waals surface area contributed by atoms with Gasteiger partial charge in [-0.05, 0) is 18.1 Å². The van der Waals surface area contributed by atoms with Gasteiger partial charge >= 0.3 is 12.1 Å². The Morgan fingerprint density at radius 1 is 1.35 bits per heavy atom. The molecule has 1 heterocycles. The van der Waals surface area contributed by atoms with E-state index in [2.05, 4.69) is 5.43 Å². The van der Waals surface area contributed by atoms with Crippen molar-refractivity contribution in [3.63, 3.8) is 0 Å². The number of hydrogen-bond donors (Lipinski definition) is 1. The lowest BCUT2D eigenvalue weighted by molar-refractivity contribution is -0.156. The lowest BCUT2D eigenvalue weighted by Crippen LogP contribution is -2.48. The summed E-state index contributed by atoms with van der Waals surface area (Å²) in [4.78, 5) is 25.5. The van der Waals surface area contributed by atoms with E-state index in [-0.39, 0.29) is 18.5 Å². The van der Waals surface area contributed by atoms with Crippen molar-refractivity contribution in [1.29, 1.82) is 0 Å². The average Bonchev–Trinajstić information content (AvgIpc) is 2.89. The van der Waals surface area contributed by atoms with Gasteiger partial charge in [0.2, 0.25) is 3.79 Å². The second-order valence-electron chi connectivity index (χ2n) is 5.61. The van der Waals surface area contributed by atoms with E-state index < -0.39 is 39.4 Å². The maximum Gasteiger partial charge on any atom is 0.416 e. The number of nitrogens with one attached hydrogen (secondary N) is 1. The maximum atomic E-state index is 13.0. The molecule has 1 aromatic carbocycles. The molecule has 1 amide bonds. The molecule has 1 aliphatic heterocycles. The first kappa shape index (κ1) is 21.1. The lowest BCUT2D eigenvalue weighted by atomic mass is 9.78. The number of esters is 1. The van der Waals surface area contributed by atoms with Crippen LogP contribution in [0, 0.1) is 0 Å². The van der Waals surface area contributed by atoms with Gasteiger partial charge in [-0.2, -0.15) is 13.2 Å². The third kappa shape index (κ3) is 4.19. The number of alkyl halides is 6. The summed E-state index contributed by atoms with van der Waals surface area (Å²) in [7, 11) is 1.45. The van der Waals surface area contributed by atoms with Gasteiger partial charge in [-0.15, -0.1) is 0 Å². The van der Waals surface area contributed by atoms with Crippen molar-refractivity contribution in [1.82, 2.24) is 10.4 Å². The van der Waals surface area contributed by atoms with Gasteiger partial charge in [0.1, 0.15) is 6.61 Å². The van der Waals surface area contributed by atoms with E-state index in [4.69, 9.17) is 39.5 Å². The normalized spacial score (nSPS) is 21.2. The average molecular weight is 434 g/mol. The molecule has 2 rings (SSSR count). The largest absolute Gasteiger partial charge is 0.460 e. The van der Waals surface area contributed by atoms with Crippen LogP contribution in [0.5, 0.6) is 0 Å². The highest BCUT2D eigenvalue weighted by atomic mass is 35.6. The SMILES string of the molecule is CNN1CCC(C(=O)OCC(Cl)(Cl)Cl)(c2cccc(C(F)(F)F)c2)C1=O. The summed E-state index contributed by atoms with van der Waals surface area (Å²) in [5.41, 5.74) is -0.494. The smallest absolute Gasteiger partial charge is 0.416 e. The Hall–Kier alpha value is -1.22. The van der Waals surface area contributed by atoms with Crippen molar-refractivity contribution in [2.24, 2.45) is 0 Å². The standard InChI is InChI=1S/C15H14Cl3F3N2O3/c1-22-23-6-5-13(11(23)24,12(25)26-8-14(16,17)18)9-3-2-4-10(7-9)15(19,20)21/h2-4,7,22H,5-6,8H2,1H3. The summed E-state index contributed by atoms with van der Waals surface area (Å²) in [6, 6.07) is 3.99. The molecule has 1 N–H and O–H groups in total. The van der Waals surface area contributed by atoms with Crippen LogP contribution in [0.15, 0.2) is 24.3 Å². The molecule has 0 aliphatic carbocycles. The number of rotatable bonds is 4. The summed E-state index contributed by atoms with van der Waals surface area (Å²) in [5, 5.41) is 1.12. The number of nitrogens with zero attached hydrogens (tertiary/aromatic N) is 1. The van der Waals surface area contributed by atoms with Crippen LogP contribution < -0.4 is 5.43 Å². The predicted molar refractivity (Wildman–Crippen MR) is 89.8 cm³/mol. The van der Waals surface area contributed by atoms with Crippen LogP contribution in [0.2, 0.25) is 0 Å². The van der Waals surface area contributed by atoms with Crippen LogP contribution in [0.4, 0.5) is 13.2 Å².